The number of nitrogens with one attached hydrogen (secondary N) is 1. The van der Waals surface area contributed by atoms with E-state index in [0.717, 1.165) is 26.2 Å². The molecule has 0 spiro atoms. The van der Waals surface area contributed by atoms with Gasteiger partial charge in [0, 0.05) is 42.0 Å². The zero-order valence-electron chi connectivity index (χ0n) is 14.4. The second-order valence-electron chi connectivity index (χ2n) is 6.00. The van der Waals surface area contributed by atoms with Crippen LogP contribution in [0.1, 0.15) is 19.8 Å². The van der Waals surface area contributed by atoms with Gasteiger partial charge < -0.3 is 10.2 Å². The average Bonchev–Trinajstić information content (AvgIpc) is 3.04. The summed E-state index contributed by atoms with van der Waals surface area (Å²) < 4.78 is 1.41. The molecule has 2 aromatic rings. The first kappa shape index (κ1) is 21.5. The first-order chi connectivity index (χ1) is 10.9. The largest absolute Gasteiger partial charge is 0.368 e. The number of fused-ring (bicyclic) bond motifs is 1. The molecule has 3 rings (SSSR count). The van der Waals surface area contributed by atoms with Crippen LogP contribution in [-0.4, -0.2) is 50.7 Å². The van der Waals surface area contributed by atoms with Crippen LogP contribution in [0.5, 0.6) is 0 Å². The molecule has 0 unspecified atom stereocenters. The van der Waals surface area contributed by atoms with Gasteiger partial charge in [0.25, 0.3) is 0 Å². The first-order valence-electron chi connectivity index (χ1n) is 8.52. The van der Waals surface area contributed by atoms with Gasteiger partial charge in [-0.25, -0.2) is 0 Å². The number of anilines is 1. The zero-order valence-corrected chi connectivity index (χ0v) is 16.8. The van der Waals surface area contributed by atoms with E-state index >= 15 is 0 Å². The highest BCUT2D eigenvalue weighted by molar-refractivity contribution is 7.17. The Balaban J connectivity index is 0.00000144. The molecule has 1 aromatic heterocycles. The smallest absolute Gasteiger partial charge is 0.0455 e. The van der Waals surface area contributed by atoms with Crippen molar-refractivity contribution in [1.29, 1.82) is 0 Å². The monoisotopic (exact) mass is 389 g/mol. The van der Waals surface area contributed by atoms with Crippen LogP contribution in [0, 0.1) is 0 Å². The van der Waals surface area contributed by atoms with Crippen LogP contribution < -0.4 is 10.2 Å². The normalized spacial score (nSPS) is 15.1. The summed E-state index contributed by atoms with van der Waals surface area (Å²) in [4.78, 5) is 5.18. The quantitative estimate of drug-likeness (QED) is 0.713. The van der Waals surface area contributed by atoms with Gasteiger partial charge in [-0.2, -0.15) is 0 Å². The number of nitrogens with zero attached hydrogens (tertiary/aromatic N) is 2. The molecule has 1 aromatic carbocycles. The Morgan fingerprint density at radius 1 is 1.04 bits per heavy atom. The molecule has 1 saturated heterocycles. The molecule has 136 valence electrons. The molecular formula is C18H29Cl2N3S. The minimum atomic E-state index is 0. The summed E-state index contributed by atoms with van der Waals surface area (Å²) in [6, 6.07) is 8.97. The van der Waals surface area contributed by atoms with Crippen molar-refractivity contribution in [3.8, 4) is 0 Å². The highest BCUT2D eigenvalue weighted by Gasteiger charge is 2.18. The van der Waals surface area contributed by atoms with Crippen LogP contribution in [0.3, 0.4) is 0 Å². The summed E-state index contributed by atoms with van der Waals surface area (Å²) in [5.74, 6) is 0. The summed E-state index contributed by atoms with van der Waals surface area (Å²) >= 11 is 1.84. The van der Waals surface area contributed by atoms with Crippen LogP contribution >= 0.6 is 36.2 Å². The topological polar surface area (TPSA) is 18.5 Å². The van der Waals surface area contributed by atoms with Gasteiger partial charge in [0.15, 0.2) is 0 Å². The van der Waals surface area contributed by atoms with Crippen molar-refractivity contribution >= 4 is 51.9 Å². The summed E-state index contributed by atoms with van der Waals surface area (Å²) in [5, 5.41) is 7.03. The third-order valence-corrected chi connectivity index (χ3v) is 5.40. The van der Waals surface area contributed by atoms with Crippen LogP contribution in [0.2, 0.25) is 0 Å². The van der Waals surface area contributed by atoms with Gasteiger partial charge in [-0.15, -0.1) is 36.2 Å². The van der Waals surface area contributed by atoms with Gasteiger partial charge in [0.05, 0.1) is 0 Å². The van der Waals surface area contributed by atoms with E-state index in [-0.39, 0.29) is 24.8 Å². The van der Waals surface area contributed by atoms with Crippen LogP contribution in [0.4, 0.5) is 5.69 Å². The molecule has 1 aliphatic rings. The Morgan fingerprint density at radius 2 is 1.83 bits per heavy atom. The van der Waals surface area contributed by atoms with E-state index in [1.54, 1.807) is 0 Å². The Hall–Kier alpha value is -0.520. The lowest BCUT2D eigenvalue weighted by molar-refractivity contribution is 0.253. The number of piperazine rings is 1. The van der Waals surface area contributed by atoms with Gasteiger partial charge in [-0.1, -0.05) is 13.0 Å². The van der Waals surface area contributed by atoms with Crippen molar-refractivity contribution in [3.63, 3.8) is 0 Å². The van der Waals surface area contributed by atoms with E-state index in [4.69, 9.17) is 0 Å². The molecule has 0 atom stereocenters. The molecule has 0 aliphatic carbocycles. The number of thiophene rings is 1. The molecule has 2 heterocycles. The summed E-state index contributed by atoms with van der Waals surface area (Å²) in [6.07, 6.45) is 2.61. The number of unbranched alkanes of at least 4 members (excludes halogenated alkanes) is 1. The Labute approximate surface area is 162 Å². The predicted molar refractivity (Wildman–Crippen MR) is 113 cm³/mol. The SMILES string of the molecule is CCNCCCCN1CCN(c2cccc3sccc23)CC1.Cl.Cl. The Bertz CT molecular complexity index is 582. The van der Waals surface area contributed by atoms with Crippen LogP contribution in [-0.2, 0) is 0 Å². The van der Waals surface area contributed by atoms with E-state index in [9.17, 15) is 0 Å². The summed E-state index contributed by atoms with van der Waals surface area (Å²) in [6.45, 7) is 10.4. The Morgan fingerprint density at radius 3 is 2.58 bits per heavy atom. The van der Waals surface area contributed by atoms with Crippen LogP contribution in [0.15, 0.2) is 29.6 Å². The number of benzene rings is 1. The van der Waals surface area contributed by atoms with Crippen molar-refractivity contribution in [2.75, 3.05) is 50.7 Å². The third-order valence-electron chi connectivity index (χ3n) is 4.51. The minimum absolute atomic E-state index is 0. The van der Waals surface area contributed by atoms with Gasteiger partial charge in [-0.05, 0) is 56.1 Å². The maximum Gasteiger partial charge on any atom is 0.0455 e. The molecule has 0 radical (unpaired) electrons. The second-order valence-corrected chi connectivity index (χ2v) is 6.95. The van der Waals surface area contributed by atoms with Gasteiger partial charge in [0.1, 0.15) is 0 Å². The van der Waals surface area contributed by atoms with Crippen LogP contribution in [0.25, 0.3) is 10.1 Å². The van der Waals surface area contributed by atoms with Crippen molar-refractivity contribution in [2.24, 2.45) is 0 Å². The van der Waals surface area contributed by atoms with Gasteiger partial charge >= 0.3 is 0 Å². The standard InChI is InChI=1S/C18H27N3S.2ClH/c1-2-19-9-3-4-10-20-11-13-21(14-12-20)17-6-5-7-18-16(17)8-15-22-18;;/h5-8,15,19H,2-4,9-14H2,1H3;2*1H. The number of halogens is 2. The van der Waals surface area contributed by atoms with E-state index in [1.165, 1.54) is 48.2 Å². The van der Waals surface area contributed by atoms with Crippen molar-refractivity contribution in [1.82, 2.24) is 10.2 Å². The van der Waals surface area contributed by atoms with E-state index < -0.39 is 0 Å². The zero-order chi connectivity index (χ0) is 15.2. The minimum Gasteiger partial charge on any atom is -0.368 e. The fraction of sp³-hybridized carbons (Fsp3) is 0.556. The molecule has 24 heavy (non-hydrogen) atoms. The lowest BCUT2D eigenvalue weighted by Crippen LogP contribution is -2.46. The highest BCUT2D eigenvalue weighted by atomic mass is 35.5. The number of hydrogen-bond donors (Lipinski definition) is 1. The lowest BCUT2D eigenvalue weighted by atomic mass is 10.2. The molecule has 1 N–H and O–H groups in total. The Kier molecular flexibility index (Phi) is 10.0. The third kappa shape index (κ3) is 5.50. The van der Waals surface area contributed by atoms with Crippen molar-refractivity contribution in [3.05, 3.63) is 29.6 Å². The van der Waals surface area contributed by atoms with Gasteiger partial charge in [-0.3, -0.25) is 4.90 Å². The predicted octanol–water partition coefficient (Wildman–Crippen LogP) is 4.26. The molecule has 0 amide bonds. The van der Waals surface area contributed by atoms with Crippen molar-refractivity contribution in [2.45, 2.75) is 19.8 Å². The molecule has 1 aliphatic heterocycles. The molecule has 3 nitrogen and oxygen atoms in total. The molecule has 1 fully saturated rings. The molecule has 0 bridgehead atoms. The van der Waals surface area contributed by atoms with E-state index in [0.29, 0.717) is 0 Å². The lowest BCUT2D eigenvalue weighted by Gasteiger charge is -2.36. The van der Waals surface area contributed by atoms with E-state index in [1.807, 2.05) is 11.3 Å². The van der Waals surface area contributed by atoms with Crippen molar-refractivity contribution < 1.29 is 0 Å². The first-order valence-corrected chi connectivity index (χ1v) is 9.40. The number of rotatable bonds is 7. The van der Waals surface area contributed by atoms with Gasteiger partial charge in [0.2, 0.25) is 0 Å². The maximum absolute atomic E-state index is 3.40. The highest BCUT2D eigenvalue weighted by Crippen LogP contribution is 2.31. The fourth-order valence-electron chi connectivity index (χ4n) is 3.23. The maximum atomic E-state index is 3.40. The molecule has 0 saturated carbocycles. The fourth-order valence-corrected chi connectivity index (χ4v) is 4.04. The molecule has 6 heteroatoms. The van der Waals surface area contributed by atoms with E-state index in [2.05, 4.69) is 51.7 Å². The summed E-state index contributed by atoms with van der Waals surface area (Å²) in [7, 11) is 0. The molecular weight excluding hydrogens is 361 g/mol. The second kappa shape index (κ2) is 11.2. The number of hydrogen-bond acceptors (Lipinski definition) is 4. The summed E-state index contributed by atoms with van der Waals surface area (Å²) in [5.41, 5.74) is 1.42. The average molecular weight is 390 g/mol.